The first-order chi connectivity index (χ1) is 9.47. The Morgan fingerprint density at radius 2 is 1.65 bits per heavy atom. The highest BCUT2D eigenvalue weighted by molar-refractivity contribution is 5.66. The van der Waals surface area contributed by atoms with E-state index in [1.807, 2.05) is 0 Å². The number of ether oxygens (including phenoxy) is 1. The molecule has 110 valence electrons. The molecule has 0 spiro atoms. The molecule has 0 radical (unpaired) electrons. The summed E-state index contributed by atoms with van der Waals surface area (Å²) in [6.45, 7) is 2.63. The van der Waals surface area contributed by atoms with E-state index in [2.05, 4.69) is 12.2 Å². The molecule has 20 heavy (non-hydrogen) atoms. The summed E-state index contributed by atoms with van der Waals surface area (Å²) in [4.78, 5) is 20.1. The molecule has 3 saturated carbocycles. The van der Waals surface area contributed by atoms with Crippen molar-refractivity contribution in [1.29, 1.82) is 0 Å². The number of carbonyl (C=O) groups excluding carboxylic acids is 1. The minimum atomic E-state index is -0.833. The molecule has 3 fully saturated rings. The molecule has 0 aliphatic heterocycles. The summed E-state index contributed by atoms with van der Waals surface area (Å²) in [5, 5.41) is 7.42. The molecule has 1 N–H and O–H groups in total. The molecular weight excluding hydrogens is 256 g/mol. The molecule has 7 unspecified atom stereocenters. The Bertz CT molecular complexity index is 451. The zero-order chi connectivity index (χ0) is 14.4. The van der Waals surface area contributed by atoms with E-state index in [0.717, 1.165) is 42.9 Å². The van der Waals surface area contributed by atoms with Crippen molar-refractivity contribution in [2.75, 3.05) is 0 Å². The molecule has 0 aromatic rings. The standard InChI is InChI=1S/C14H18O2.C2H4O2/c1-7(15)16-12-6-10-5-11(12)14-9-3-2-8(4-9)13(10)14;1-2(3)4/h2-3,8-14H,4-6H2,1H3;1H3,(H,3,4). The Labute approximate surface area is 119 Å². The van der Waals surface area contributed by atoms with Crippen LogP contribution in [0.3, 0.4) is 0 Å². The van der Waals surface area contributed by atoms with Crippen molar-refractivity contribution < 1.29 is 19.4 Å². The molecule has 4 bridgehead atoms. The molecule has 0 aromatic heterocycles. The monoisotopic (exact) mass is 278 g/mol. The maximum absolute atomic E-state index is 11.1. The summed E-state index contributed by atoms with van der Waals surface area (Å²) in [5.41, 5.74) is 0. The van der Waals surface area contributed by atoms with E-state index in [1.165, 1.54) is 12.8 Å². The van der Waals surface area contributed by atoms with Crippen LogP contribution in [0.4, 0.5) is 0 Å². The number of hydrogen-bond acceptors (Lipinski definition) is 3. The van der Waals surface area contributed by atoms with Crippen molar-refractivity contribution in [2.45, 2.75) is 39.2 Å². The average Bonchev–Trinajstić information content (AvgIpc) is 3.05. The number of esters is 1. The predicted octanol–water partition coefficient (Wildman–Crippen LogP) is 2.49. The van der Waals surface area contributed by atoms with Gasteiger partial charge in [0.05, 0.1) is 0 Å². The van der Waals surface area contributed by atoms with Gasteiger partial charge in [0.2, 0.25) is 0 Å². The number of carboxylic acid groups (broad SMARTS) is 1. The Balaban J connectivity index is 0.000000272. The van der Waals surface area contributed by atoms with Gasteiger partial charge >= 0.3 is 5.97 Å². The molecule has 4 heteroatoms. The fourth-order valence-corrected chi connectivity index (χ4v) is 5.30. The Kier molecular flexibility index (Phi) is 3.35. The number of aliphatic carboxylic acids is 1. The van der Waals surface area contributed by atoms with E-state index in [4.69, 9.17) is 14.6 Å². The van der Waals surface area contributed by atoms with Gasteiger partial charge in [-0.3, -0.25) is 9.59 Å². The first-order valence-electron chi connectivity index (χ1n) is 7.52. The molecule has 4 nitrogen and oxygen atoms in total. The van der Waals surface area contributed by atoms with E-state index < -0.39 is 5.97 Å². The number of carboxylic acids is 1. The minimum absolute atomic E-state index is 0.0900. The SMILES string of the molecule is CC(=O)O.CC(=O)OC1CC2CC1C1C3C=CC(C3)C21. The topological polar surface area (TPSA) is 63.6 Å². The first-order valence-corrected chi connectivity index (χ1v) is 7.52. The van der Waals surface area contributed by atoms with Gasteiger partial charge in [0.15, 0.2) is 0 Å². The third kappa shape index (κ3) is 2.15. The second-order valence-corrected chi connectivity index (χ2v) is 6.67. The maximum atomic E-state index is 11.1. The molecule has 0 amide bonds. The van der Waals surface area contributed by atoms with Crippen molar-refractivity contribution >= 4 is 11.9 Å². The van der Waals surface area contributed by atoms with Crippen LogP contribution in [0.2, 0.25) is 0 Å². The van der Waals surface area contributed by atoms with Crippen LogP contribution in [0.25, 0.3) is 0 Å². The summed E-state index contributed by atoms with van der Waals surface area (Å²) in [5.74, 6) is 4.06. The fourth-order valence-electron chi connectivity index (χ4n) is 5.30. The second-order valence-electron chi connectivity index (χ2n) is 6.67. The first kappa shape index (κ1) is 13.7. The van der Waals surface area contributed by atoms with Gasteiger partial charge in [0.1, 0.15) is 6.10 Å². The lowest BCUT2D eigenvalue weighted by atomic mass is 9.72. The average molecular weight is 278 g/mol. The molecule has 0 heterocycles. The van der Waals surface area contributed by atoms with Gasteiger partial charge in [-0.05, 0) is 54.8 Å². The highest BCUT2D eigenvalue weighted by Gasteiger charge is 2.61. The van der Waals surface area contributed by atoms with E-state index >= 15 is 0 Å². The third-order valence-corrected chi connectivity index (χ3v) is 5.53. The number of hydrogen-bond donors (Lipinski definition) is 1. The van der Waals surface area contributed by atoms with Crippen molar-refractivity contribution in [3.63, 3.8) is 0 Å². The third-order valence-electron chi connectivity index (χ3n) is 5.53. The summed E-state index contributed by atoms with van der Waals surface area (Å²) in [6, 6.07) is 0. The van der Waals surface area contributed by atoms with E-state index in [0.29, 0.717) is 5.92 Å². The number of rotatable bonds is 1. The normalized spacial score (nSPS) is 45.8. The van der Waals surface area contributed by atoms with Crippen LogP contribution in [0, 0.1) is 35.5 Å². The number of allylic oxidation sites excluding steroid dienone is 2. The molecule has 4 aliphatic rings. The quantitative estimate of drug-likeness (QED) is 0.455. The van der Waals surface area contributed by atoms with Crippen molar-refractivity contribution in [3.8, 4) is 0 Å². The largest absolute Gasteiger partial charge is 0.481 e. The molecule has 0 aromatic carbocycles. The fraction of sp³-hybridized carbons (Fsp3) is 0.750. The lowest BCUT2D eigenvalue weighted by molar-refractivity contribution is -0.150. The van der Waals surface area contributed by atoms with Crippen molar-refractivity contribution in [2.24, 2.45) is 35.5 Å². The highest BCUT2D eigenvalue weighted by Crippen LogP contribution is 2.65. The zero-order valence-corrected chi connectivity index (χ0v) is 12.0. The maximum Gasteiger partial charge on any atom is 0.302 e. The lowest BCUT2D eigenvalue weighted by Gasteiger charge is -2.36. The van der Waals surface area contributed by atoms with Crippen LogP contribution < -0.4 is 0 Å². The van der Waals surface area contributed by atoms with Crippen molar-refractivity contribution in [3.05, 3.63) is 12.2 Å². The van der Waals surface area contributed by atoms with Gasteiger partial charge in [0, 0.05) is 13.8 Å². The highest BCUT2D eigenvalue weighted by atomic mass is 16.5. The van der Waals surface area contributed by atoms with E-state index in [9.17, 15) is 4.79 Å². The van der Waals surface area contributed by atoms with Crippen LogP contribution in [0.1, 0.15) is 33.1 Å². The van der Waals surface area contributed by atoms with Gasteiger partial charge in [-0.15, -0.1) is 0 Å². The molecule has 7 atom stereocenters. The van der Waals surface area contributed by atoms with Crippen LogP contribution in [-0.4, -0.2) is 23.1 Å². The molecule has 4 rings (SSSR count). The van der Waals surface area contributed by atoms with Crippen LogP contribution in [0.15, 0.2) is 12.2 Å². The smallest absolute Gasteiger partial charge is 0.302 e. The molecule has 0 saturated heterocycles. The van der Waals surface area contributed by atoms with Crippen LogP contribution in [-0.2, 0) is 14.3 Å². The Hall–Kier alpha value is -1.32. The second kappa shape index (κ2) is 4.90. The van der Waals surface area contributed by atoms with E-state index in [-0.39, 0.29) is 12.1 Å². The van der Waals surface area contributed by atoms with Crippen LogP contribution >= 0.6 is 0 Å². The van der Waals surface area contributed by atoms with Gasteiger partial charge in [-0.2, -0.15) is 0 Å². The Morgan fingerprint density at radius 3 is 2.25 bits per heavy atom. The van der Waals surface area contributed by atoms with Crippen LogP contribution in [0.5, 0.6) is 0 Å². The predicted molar refractivity (Wildman–Crippen MR) is 72.8 cm³/mol. The van der Waals surface area contributed by atoms with Gasteiger partial charge in [-0.1, -0.05) is 12.2 Å². The summed E-state index contributed by atoms with van der Waals surface area (Å²) in [6.07, 6.45) is 8.97. The van der Waals surface area contributed by atoms with Gasteiger partial charge in [-0.25, -0.2) is 0 Å². The summed E-state index contributed by atoms with van der Waals surface area (Å²) >= 11 is 0. The summed E-state index contributed by atoms with van der Waals surface area (Å²) < 4.78 is 5.50. The minimum Gasteiger partial charge on any atom is -0.481 e. The van der Waals surface area contributed by atoms with E-state index in [1.54, 1.807) is 6.92 Å². The van der Waals surface area contributed by atoms with Gasteiger partial charge < -0.3 is 9.84 Å². The molecular formula is C16H22O4. The lowest BCUT2D eigenvalue weighted by Crippen LogP contribution is -2.35. The molecule has 4 aliphatic carbocycles. The Morgan fingerprint density at radius 1 is 1.05 bits per heavy atom. The van der Waals surface area contributed by atoms with Crippen molar-refractivity contribution in [1.82, 2.24) is 0 Å². The zero-order valence-electron chi connectivity index (χ0n) is 12.0. The summed E-state index contributed by atoms with van der Waals surface area (Å²) in [7, 11) is 0. The number of carbonyl (C=O) groups is 2. The van der Waals surface area contributed by atoms with Gasteiger partial charge in [0.25, 0.3) is 5.97 Å². The number of fused-ring (bicyclic) bond motifs is 9.